The summed E-state index contributed by atoms with van der Waals surface area (Å²) in [6.07, 6.45) is 1.35. The van der Waals surface area contributed by atoms with Gasteiger partial charge in [0, 0.05) is 5.56 Å². The normalized spacial score (nSPS) is 11.6. The van der Waals surface area contributed by atoms with Crippen molar-refractivity contribution in [2.75, 3.05) is 0 Å². The number of rotatable bonds is 6. The highest BCUT2D eigenvalue weighted by Crippen LogP contribution is 2.26. The maximum Gasteiger partial charge on any atom is 0.216 e. The smallest absolute Gasteiger partial charge is 0.216 e. The van der Waals surface area contributed by atoms with E-state index in [4.69, 9.17) is 4.74 Å². The second kappa shape index (κ2) is 8.55. The van der Waals surface area contributed by atoms with Crippen LogP contribution in [0.5, 0.6) is 5.75 Å². The second-order valence-corrected chi connectivity index (χ2v) is 8.17. The lowest BCUT2D eigenvalue weighted by Gasteiger charge is -2.10. The molecule has 4 nitrogen and oxygen atoms in total. The van der Waals surface area contributed by atoms with Crippen molar-refractivity contribution in [3.05, 3.63) is 100 Å². The van der Waals surface area contributed by atoms with E-state index in [1.165, 1.54) is 18.2 Å². The number of sulfone groups is 1. The highest BCUT2D eigenvalue weighted by atomic mass is 32.2. The maximum absolute atomic E-state index is 12.8. The van der Waals surface area contributed by atoms with Gasteiger partial charge in [-0.3, -0.25) is 0 Å². The first-order chi connectivity index (χ1) is 13.5. The van der Waals surface area contributed by atoms with Crippen molar-refractivity contribution < 1.29 is 13.2 Å². The van der Waals surface area contributed by atoms with Gasteiger partial charge in [0.25, 0.3) is 0 Å². The van der Waals surface area contributed by atoms with Gasteiger partial charge < -0.3 is 4.74 Å². The van der Waals surface area contributed by atoms with Crippen LogP contribution < -0.4 is 4.74 Å². The summed E-state index contributed by atoms with van der Waals surface area (Å²) >= 11 is 0. The van der Waals surface area contributed by atoms with E-state index < -0.39 is 9.84 Å². The van der Waals surface area contributed by atoms with E-state index in [2.05, 4.69) is 0 Å². The van der Waals surface area contributed by atoms with Crippen molar-refractivity contribution in [1.82, 2.24) is 0 Å². The predicted molar refractivity (Wildman–Crippen MR) is 109 cm³/mol. The largest absolute Gasteiger partial charge is 0.488 e. The van der Waals surface area contributed by atoms with Crippen molar-refractivity contribution in [1.29, 1.82) is 5.26 Å². The molecule has 0 aliphatic heterocycles. The Morgan fingerprint density at radius 2 is 1.61 bits per heavy atom. The molecule has 0 atom stereocenters. The van der Waals surface area contributed by atoms with E-state index in [9.17, 15) is 13.7 Å². The van der Waals surface area contributed by atoms with Gasteiger partial charge in [-0.05, 0) is 36.8 Å². The minimum atomic E-state index is -3.89. The number of benzene rings is 3. The van der Waals surface area contributed by atoms with Gasteiger partial charge in [-0.15, -0.1) is 0 Å². The summed E-state index contributed by atoms with van der Waals surface area (Å²) in [4.78, 5) is -0.244. The zero-order valence-corrected chi connectivity index (χ0v) is 16.2. The molecule has 0 saturated carbocycles. The summed E-state index contributed by atoms with van der Waals surface area (Å²) in [5.74, 6) is 0.513. The predicted octanol–water partition coefficient (Wildman–Crippen LogP) is 4.91. The van der Waals surface area contributed by atoms with Crippen LogP contribution in [0.4, 0.5) is 0 Å². The molecule has 140 valence electrons. The van der Waals surface area contributed by atoms with Crippen molar-refractivity contribution in [2.24, 2.45) is 0 Å². The Balaban J connectivity index is 1.90. The van der Waals surface area contributed by atoms with Gasteiger partial charge in [0.05, 0.1) is 4.90 Å². The third kappa shape index (κ3) is 4.48. The lowest BCUT2D eigenvalue weighted by molar-refractivity contribution is 0.305. The molecule has 0 aliphatic rings. The first-order valence-corrected chi connectivity index (χ1v) is 10.2. The molecule has 5 heteroatoms. The van der Waals surface area contributed by atoms with E-state index in [-0.39, 0.29) is 9.80 Å². The topological polar surface area (TPSA) is 67.2 Å². The Labute approximate surface area is 165 Å². The summed E-state index contributed by atoms with van der Waals surface area (Å²) in [7, 11) is -3.89. The maximum atomic E-state index is 12.8. The van der Waals surface area contributed by atoms with E-state index in [1.54, 1.807) is 42.5 Å². The summed E-state index contributed by atoms with van der Waals surface area (Å²) in [6, 6.07) is 24.8. The number of ether oxygens (including phenoxy) is 1. The zero-order chi connectivity index (χ0) is 20.0. The van der Waals surface area contributed by atoms with E-state index in [0.717, 1.165) is 11.1 Å². The molecule has 3 aromatic rings. The molecule has 28 heavy (non-hydrogen) atoms. The first-order valence-electron chi connectivity index (χ1n) is 8.70. The number of hydrogen-bond acceptors (Lipinski definition) is 4. The van der Waals surface area contributed by atoms with Crippen molar-refractivity contribution in [3.63, 3.8) is 0 Å². The van der Waals surface area contributed by atoms with Crippen LogP contribution in [0.15, 0.2) is 88.7 Å². The molecular weight excluding hydrogens is 370 g/mol. The van der Waals surface area contributed by atoms with Crippen molar-refractivity contribution in [3.8, 4) is 11.8 Å². The highest BCUT2D eigenvalue weighted by molar-refractivity contribution is 7.95. The second-order valence-electron chi connectivity index (χ2n) is 6.25. The monoisotopic (exact) mass is 389 g/mol. The third-order valence-corrected chi connectivity index (χ3v) is 5.85. The Hall–Kier alpha value is -3.36. The van der Waals surface area contributed by atoms with Crippen LogP contribution in [-0.2, 0) is 16.4 Å². The molecule has 0 amide bonds. The van der Waals surface area contributed by atoms with Gasteiger partial charge >= 0.3 is 0 Å². The molecule has 0 bridgehead atoms. The molecule has 0 N–H and O–H groups in total. The third-order valence-electron chi connectivity index (χ3n) is 4.17. The van der Waals surface area contributed by atoms with Crippen molar-refractivity contribution >= 4 is 15.9 Å². The molecule has 3 aromatic carbocycles. The molecule has 0 unspecified atom stereocenters. The molecule has 0 aromatic heterocycles. The molecule has 3 rings (SSSR count). The van der Waals surface area contributed by atoms with Crippen LogP contribution >= 0.6 is 0 Å². The Morgan fingerprint density at radius 1 is 0.964 bits per heavy atom. The summed E-state index contributed by atoms with van der Waals surface area (Å²) in [6.45, 7) is 2.36. The Kier molecular flexibility index (Phi) is 5.93. The number of allylic oxidation sites excluding steroid dienone is 1. The summed E-state index contributed by atoms with van der Waals surface area (Å²) in [5.41, 5.74) is 2.70. The summed E-state index contributed by atoms with van der Waals surface area (Å²) < 4.78 is 31.4. The number of nitriles is 1. The lowest BCUT2D eigenvalue weighted by Crippen LogP contribution is -2.04. The van der Waals surface area contributed by atoms with Crippen LogP contribution in [0, 0.1) is 18.3 Å². The molecule has 0 heterocycles. The SMILES string of the molecule is Cc1ccc(COc2ccccc2/C=C(\C#N)S(=O)(=O)c2ccccc2)cc1. The molecule has 0 spiro atoms. The average Bonchev–Trinajstić information content (AvgIpc) is 2.72. The molecule has 0 aliphatic carbocycles. The number of aryl methyl sites for hydroxylation is 1. The quantitative estimate of drug-likeness (QED) is 0.562. The number of para-hydroxylation sites is 1. The van der Waals surface area contributed by atoms with Crippen LogP contribution in [-0.4, -0.2) is 8.42 Å². The van der Waals surface area contributed by atoms with Crippen LogP contribution in [0.2, 0.25) is 0 Å². The van der Waals surface area contributed by atoms with Crippen LogP contribution in [0.1, 0.15) is 16.7 Å². The van der Waals surface area contributed by atoms with Gasteiger partial charge in [0.2, 0.25) is 9.84 Å². The minimum Gasteiger partial charge on any atom is -0.488 e. The van der Waals surface area contributed by atoms with Crippen LogP contribution in [0.3, 0.4) is 0 Å². The summed E-state index contributed by atoms with van der Waals surface area (Å²) in [5, 5.41) is 9.47. The van der Waals surface area contributed by atoms with Gasteiger partial charge in [0.1, 0.15) is 23.3 Å². The fraction of sp³-hybridized carbons (Fsp3) is 0.0870. The first kappa shape index (κ1) is 19.4. The Bertz CT molecular complexity index is 1130. The van der Waals surface area contributed by atoms with Gasteiger partial charge in [-0.1, -0.05) is 66.2 Å². The number of nitrogens with zero attached hydrogens (tertiary/aromatic N) is 1. The fourth-order valence-corrected chi connectivity index (χ4v) is 3.79. The standard InChI is InChI=1S/C23H19NO3S/c1-18-11-13-19(14-12-18)17-27-23-10-6-5-7-20(23)15-22(16-24)28(25,26)21-8-3-2-4-9-21/h2-15H,17H2,1H3/b22-15+. The molecular formula is C23H19NO3S. The zero-order valence-electron chi connectivity index (χ0n) is 15.4. The van der Waals surface area contributed by atoms with E-state index in [0.29, 0.717) is 17.9 Å². The van der Waals surface area contributed by atoms with E-state index in [1.807, 2.05) is 37.3 Å². The van der Waals surface area contributed by atoms with E-state index >= 15 is 0 Å². The Morgan fingerprint density at radius 3 is 2.29 bits per heavy atom. The van der Waals surface area contributed by atoms with Crippen molar-refractivity contribution in [2.45, 2.75) is 18.4 Å². The lowest BCUT2D eigenvalue weighted by atomic mass is 10.1. The highest BCUT2D eigenvalue weighted by Gasteiger charge is 2.21. The van der Waals surface area contributed by atoms with Gasteiger partial charge in [-0.2, -0.15) is 5.26 Å². The number of hydrogen-bond donors (Lipinski definition) is 0. The minimum absolute atomic E-state index is 0.0841. The average molecular weight is 389 g/mol. The van der Waals surface area contributed by atoms with Gasteiger partial charge in [-0.25, -0.2) is 8.42 Å². The molecule has 0 fully saturated rings. The van der Waals surface area contributed by atoms with Crippen LogP contribution in [0.25, 0.3) is 6.08 Å². The molecule has 0 saturated heterocycles. The fourth-order valence-electron chi connectivity index (χ4n) is 2.61. The molecule has 0 radical (unpaired) electrons. The van der Waals surface area contributed by atoms with Gasteiger partial charge in [0.15, 0.2) is 0 Å².